The SMILES string of the molecule is CCNC(=O)c1ccc(-n2nnc(C(=O)O)c2CCCCCF)cc1. The van der Waals surface area contributed by atoms with Gasteiger partial charge in [0.05, 0.1) is 18.1 Å². The molecule has 0 aliphatic heterocycles. The molecule has 1 heterocycles. The number of carbonyl (C=O) groups excluding carboxylic acids is 1. The molecule has 2 rings (SSSR count). The Kier molecular flexibility index (Phi) is 6.62. The first-order valence-electron chi connectivity index (χ1n) is 8.21. The molecule has 25 heavy (non-hydrogen) atoms. The summed E-state index contributed by atoms with van der Waals surface area (Å²) in [5.41, 5.74) is 1.49. The number of alkyl halides is 1. The second-order valence-corrected chi connectivity index (χ2v) is 5.51. The molecule has 0 unspecified atom stereocenters. The molecular weight excluding hydrogens is 327 g/mol. The molecule has 7 nitrogen and oxygen atoms in total. The van der Waals surface area contributed by atoms with Crippen LogP contribution in [0.1, 0.15) is 52.7 Å². The highest BCUT2D eigenvalue weighted by molar-refractivity contribution is 5.94. The summed E-state index contributed by atoms with van der Waals surface area (Å²) >= 11 is 0. The van der Waals surface area contributed by atoms with Crippen LogP contribution in [0.5, 0.6) is 0 Å². The summed E-state index contributed by atoms with van der Waals surface area (Å²) in [7, 11) is 0. The monoisotopic (exact) mass is 348 g/mol. The Morgan fingerprint density at radius 3 is 2.52 bits per heavy atom. The second-order valence-electron chi connectivity index (χ2n) is 5.51. The Balaban J connectivity index is 2.25. The fourth-order valence-corrected chi connectivity index (χ4v) is 2.48. The van der Waals surface area contributed by atoms with E-state index >= 15 is 0 Å². The van der Waals surface area contributed by atoms with Gasteiger partial charge in [0.25, 0.3) is 5.91 Å². The number of carboxylic acid groups (broad SMARTS) is 1. The number of amides is 1. The van der Waals surface area contributed by atoms with Gasteiger partial charge < -0.3 is 10.4 Å². The predicted molar refractivity (Wildman–Crippen MR) is 89.9 cm³/mol. The number of nitrogens with one attached hydrogen (secondary N) is 1. The second kappa shape index (κ2) is 8.91. The Bertz CT molecular complexity index is 728. The summed E-state index contributed by atoms with van der Waals surface area (Å²) in [5, 5.41) is 19.7. The Labute approximate surface area is 144 Å². The van der Waals surface area contributed by atoms with E-state index in [2.05, 4.69) is 15.6 Å². The molecule has 0 spiro atoms. The van der Waals surface area contributed by atoms with Gasteiger partial charge in [-0.1, -0.05) is 11.6 Å². The molecule has 0 aliphatic rings. The van der Waals surface area contributed by atoms with Crippen molar-refractivity contribution in [1.29, 1.82) is 0 Å². The summed E-state index contributed by atoms with van der Waals surface area (Å²) in [6.07, 6.45) is 2.20. The molecule has 0 atom stereocenters. The molecule has 1 aromatic heterocycles. The Morgan fingerprint density at radius 2 is 1.92 bits per heavy atom. The number of unbranched alkanes of at least 4 members (excludes halogenated alkanes) is 2. The largest absolute Gasteiger partial charge is 0.476 e. The summed E-state index contributed by atoms with van der Waals surface area (Å²) in [6, 6.07) is 6.68. The van der Waals surface area contributed by atoms with E-state index in [-0.39, 0.29) is 18.3 Å². The average molecular weight is 348 g/mol. The third-order valence-electron chi connectivity index (χ3n) is 3.72. The van der Waals surface area contributed by atoms with Gasteiger partial charge in [-0.3, -0.25) is 9.18 Å². The Hall–Kier alpha value is -2.77. The number of hydrogen-bond donors (Lipinski definition) is 2. The van der Waals surface area contributed by atoms with Crippen LogP contribution in [0.4, 0.5) is 4.39 Å². The van der Waals surface area contributed by atoms with Gasteiger partial charge in [-0.25, -0.2) is 9.48 Å². The van der Waals surface area contributed by atoms with Gasteiger partial charge in [-0.15, -0.1) is 5.10 Å². The van der Waals surface area contributed by atoms with Gasteiger partial charge in [-0.05, 0) is 50.5 Å². The van der Waals surface area contributed by atoms with Crippen LogP contribution in [-0.4, -0.2) is 45.2 Å². The highest BCUT2D eigenvalue weighted by Crippen LogP contribution is 2.17. The van der Waals surface area contributed by atoms with Gasteiger partial charge in [0.1, 0.15) is 0 Å². The first-order valence-corrected chi connectivity index (χ1v) is 8.21. The van der Waals surface area contributed by atoms with Crippen molar-refractivity contribution in [2.45, 2.75) is 32.6 Å². The first kappa shape index (κ1) is 18.6. The number of rotatable bonds is 9. The van der Waals surface area contributed by atoms with Gasteiger partial charge >= 0.3 is 5.97 Å². The molecule has 134 valence electrons. The molecule has 0 aliphatic carbocycles. The maximum atomic E-state index is 12.2. The molecule has 2 aromatic rings. The highest BCUT2D eigenvalue weighted by Gasteiger charge is 2.19. The smallest absolute Gasteiger partial charge is 0.358 e. The van der Waals surface area contributed by atoms with E-state index in [1.807, 2.05) is 6.92 Å². The fraction of sp³-hybridized carbons (Fsp3) is 0.412. The van der Waals surface area contributed by atoms with Crippen LogP contribution in [0, 0.1) is 0 Å². The lowest BCUT2D eigenvalue weighted by atomic mass is 10.1. The van der Waals surface area contributed by atoms with Crippen LogP contribution in [0.2, 0.25) is 0 Å². The first-order chi connectivity index (χ1) is 12.1. The molecule has 0 radical (unpaired) electrons. The Morgan fingerprint density at radius 1 is 1.20 bits per heavy atom. The van der Waals surface area contributed by atoms with E-state index in [0.717, 1.165) is 0 Å². The van der Waals surface area contributed by atoms with Crippen molar-refractivity contribution in [2.75, 3.05) is 13.2 Å². The van der Waals surface area contributed by atoms with Crippen LogP contribution < -0.4 is 5.32 Å². The van der Waals surface area contributed by atoms with E-state index in [1.54, 1.807) is 24.3 Å². The number of nitrogens with zero attached hydrogens (tertiary/aromatic N) is 3. The molecule has 0 bridgehead atoms. The van der Waals surface area contributed by atoms with E-state index in [4.69, 9.17) is 0 Å². The van der Waals surface area contributed by atoms with Gasteiger partial charge in [0, 0.05) is 12.1 Å². The minimum Gasteiger partial charge on any atom is -0.476 e. The van der Waals surface area contributed by atoms with Crippen LogP contribution in [-0.2, 0) is 6.42 Å². The van der Waals surface area contributed by atoms with E-state index in [9.17, 15) is 19.1 Å². The standard InChI is InChI=1S/C17H21FN4O3/c1-2-19-16(23)12-7-9-13(10-8-12)22-14(6-4-3-5-11-18)15(17(24)25)20-21-22/h7-10H,2-6,11H2,1H3,(H,19,23)(H,24,25). The number of hydrogen-bond acceptors (Lipinski definition) is 4. The number of aromatic nitrogens is 3. The number of halogens is 1. The zero-order valence-electron chi connectivity index (χ0n) is 14.0. The maximum Gasteiger partial charge on any atom is 0.358 e. The molecule has 8 heteroatoms. The zero-order valence-corrected chi connectivity index (χ0v) is 14.0. The summed E-state index contributed by atoms with van der Waals surface area (Å²) in [5.74, 6) is -1.32. The average Bonchev–Trinajstić information content (AvgIpc) is 3.03. The molecule has 0 saturated heterocycles. The van der Waals surface area contributed by atoms with Crippen molar-refractivity contribution in [2.24, 2.45) is 0 Å². The van der Waals surface area contributed by atoms with Gasteiger partial charge in [0.15, 0.2) is 5.69 Å². The number of benzene rings is 1. The van der Waals surface area contributed by atoms with Crippen LogP contribution in [0.3, 0.4) is 0 Å². The quantitative estimate of drug-likeness (QED) is 0.678. The summed E-state index contributed by atoms with van der Waals surface area (Å²) in [4.78, 5) is 23.1. The molecule has 1 aromatic carbocycles. The number of aromatic carboxylic acids is 1. The van der Waals surface area contributed by atoms with Crippen molar-refractivity contribution in [3.05, 3.63) is 41.2 Å². The lowest BCUT2D eigenvalue weighted by Gasteiger charge is -2.08. The topological polar surface area (TPSA) is 97.1 Å². The van der Waals surface area contributed by atoms with Crippen LogP contribution >= 0.6 is 0 Å². The lowest BCUT2D eigenvalue weighted by molar-refractivity contribution is 0.0688. The third-order valence-corrected chi connectivity index (χ3v) is 3.72. The minimum atomic E-state index is -1.15. The molecule has 2 N–H and O–H groups in total. The van der Waals surface area contributed by atoms with Crippen molar-refractivity contribution < 1.29 is 19.1 Å². The van der Waals surface area contributed by atoms with Gasteiger partial charge in [-0.2, -0.15) is 0 Å². The minimum absolute atomic E-state index is 0.104. The summed E-state index contributed by atoms with van der Waals surface area (Å²) in [6.45, 7) is 1.99. The van der Waals surface area contributed by atoms with Crippen molar-refractivity contribution >= 4 is 11.9 Å². The molecule has 1 amide bonds. The zero-order chi connectivity index (χ0) is 18.2. The van der Waals surface area contributed by atoms with Crippen LogP contribution in [0.15, 0.2) is 24.3 Å². The summed E-state index contributed by atoms with van der Waals surface area (Å²) < 4.78 is 13.7. The normalized spacial score (nSPS) is 10.6. The predicted octanol–water partition coefficient (Wildman–Crippen LogP) is 2.40. The van der Waals surface area contributed by atoms with Crippen molar-refractivity contribution in [3.63, 3.8) is 0 Å². The highest BCUT2D eigenvalue weighted by atomic mass is 19.1. The maximum absolute atomic E-state index is 12.2. The molecule has 0 fully saturated rings. The molecular formula is C17H21FN4O3. The number of carboxylic acids is 1. The van der Waals surface area contributed by atoms with Crippen molar-refractivity contribution in [1.82, 2.24) is 20.3 Å². The number of carbonyl (C=O) groups is 2. The van der Waals surface area contributed by atoms with E-state index in [1.165, 1.54) is 4.68 Å². The third kappa shape index (κ3) is 4.62. The van der Waals surface area contributed by atoms with E-state index < -0.39 is 5.97 Å². The van der Waals surface area contributed by atoms with Crippen molar-refractivity contribution in [3.8, 4) is 5.69 Å². The fourth-order valence-electron chi connectivity index (χ4n) is 2.48. The molecule has 0 saturated carbocycles. The van der Waals surface area contributed by atoms with E-state index in [0.29, 0.717) is 49.2 Å². The lowest BCUT2D eigenvalue weighted by Crippen LogP contribution is -2.22. The van der Waals surface area contributed by atoms with Gasteiger partial charge in [0.2, 0.25) is 0 Å². The van der Waals surface area contributed by atoms with Crippen LogP contribution in [0.25, 0.3) is 5.69 Å².